The molecule has 2 aromatic carbocycles. The first-order chi connectivity index (χ1) is 15.3. The molecule has 1 aromatic heterocycles. The van der Waals surface area contributed by atoms with Crippen molar-refractivity contribution in [3.05, 3.63) is 70.3 Å². The lowest BCUT2D eigenvalue weighted by Crippen LogP contribution is -2.30. The monoisotopic (exact) mass is 433 g/mol. The van der Waals surface area contributed by atoms with Crippen LogP contribution in [0.4, 0.5) is 0 Å². The fourth-order valence-electron chi connectivity index (χ4n) is 3.80. The maximum absolute atomic E-state index is 12.9. The van der Waals surface area contributed by atoms with Crippen molar-refractivity contribution in [2.45, 2.75) is 57.9 Å². The molecule has 0 unspecified atom stereocenters. The van der Waals surface area contributed by atoms with E-state index in [9.17, 15) is 9.59 Å². The summed E-state index contributed by atoms with van der Waals surface area (Å²) in [6.45, 7) is 7.36. The summed E-state index contributed by atoms with van der Waals surface area (Å²) in [5.74, 6) is 1.42. The molecule has 1 aliphatic rings. The Kier molecular flexibility index (Phi) is 6.31. The molecule has 0 saturated heterocycles. The average Bonchev–Trinajstić information content (AvgIpc) is 3.60. The van der Waals surface area contributed by atoms with Crippen molar-refractivity contribution < 1.29 is 9.53 Å². The van der Waals surface area contributed by atoms with Crippen LogP contribution >= 0.6 is 0 Å². The predicted molar refractivity (Wildman–Crippen MR) is 126 cm³/mol. The van der Waals surface area contributed by atoms with E-state index < -0.39 is 0 Å². The third-order valence-corrected chi connectivity index (χ3v) is 5.78. The molecule has 3 aromatic rings. The number of hydrogen-bond acceptors (Lipinski definition) is 4. The second-order valence-electron chi connectivity index (χ2n) is 9.42. The second-order valence-corrected chi connectivity index (χ2v) is 9.42. The Balaban J connectivity index is 1.29. The topological polar surface area (TPSA) is 73.2 Å². The van der Waals surface area contributed by atoms with Crippen LogP contribution in [0, 0.1) is 0 Å². The summed E-state index contributed by atoms with van der Waals surface area (Å²) < 4.78 is 7.53. The Morgan fingerprint density at radius 2 is 1.84 bits per heavy atom. The fraction of sp³-hybridized carbons (Fsp3) is 0.423. The summed E-state index contributed by atoms with van der Waals surface area (Å²) in [5.41, 5.74) is 2.05. The number of para-hydroxylation sites is 1. The van der Waals surface area contributed by atoms with Crippen molar-refractivity contribution >= 4 is 16.8 Å². The molecule has 0 spiro atoms. The van der Waals surface area contributed by atoms with Gasteiger partial charge in [-0.15, -0.1) is 0 Å². The molecule has 0 atom stereocenters. The van der Waals surface area contributed by atoms with Crippen LogP contribution in [0.1, 0.15) is 57.5 Å². The molecule has 1 fully saturated rings. The van der Waals surface area contributed by atoms with Gasteiger partial charge in [0.25, 0.3) is 5.56 Å². The third kappa shape index (κ3) is 5.18. The molecule has 6 nitrogen and oxygen atoms in total. The number of fused-ring (bicyclic) bond motifs is 1. The van der Waals surface area contributed by atoms with E-state index in [-0.39, 0.29) is 29.3 Å². The van der Waals surface area contributed by atoms with Gasteiger partial charge in [-0.1, -0.05) is 45.0 Å². The molecule has 6 heteroatoms. The minimum atomic E-state index is -0.0681. The Hall–Kier alpha value is -3.15. The Labute approximate surface area is 188 Å². The number of nitrogens with zero attached hydrogens (tertiary/aromatic N) is 2. The van der Waals surface area contributed by atoms with Crippen molar-refractivity contribution in [1.29, 1.82) is 0 Å². The zero-order valence-corrected chi connectivity index (χ0v) is 19.1. The second kappa shape index (κ2) is 9.15. The molecule has 1 amide bonds. The average molecular weight is 434 g/mol. The lowest BCUT2D eigenvalue weighted by Gasteiger charge is -2.19. The zero-order chi connectivity index (χ0) is 22.7. The summed E-state index contributed by atoms with van der Waals surface area (Å²) in [5, 5.41) is 3.53. The third-order valence-electron chi connectivity index (χ3n) is 5.78. The molecule has 0 aliphatic heterocycles. The largest absolute Gasteiger partial charge is 0.492 e. The van der Waals surface area contributed by atoms with Crippen molar-refractivity contribution in [1.82, 2.24) is 14.9 Å². The number of nitrogens with one attached hydrogen (secondary N) is 1. The van der Waals surface area contributed by atoms with Gasteiger partial charge in [-0.05, 0) is 48.1 Å². The first kappa shape index (κ1) is 22.1. The van der Waals surface area contributed by atoms with E-state index in [1.807, 2.05) is 36.4 Å². The van der Waals surface area contributed by atoms with Crippen molar-refractivity contribution in [3.63, 3.8) is 0 Å². The van der Waals surface area contributed by atoms with Gasteiger partial charge in [-0.2, -0.15) is 0 Å². The Morgan fingerprint density at radius 1 is 1.12 bits per heavy atom. The van der Waals surface area contributed by atoms with Crippen molar-refractivity contribution in [2.24, 2.45) is 0 Å². The van der Waals surface area contributed by atoms with E-state index >= 15 is 0 Å². The summed E-state index contributed by atoms with van der Waals surface area (Å²) in [6, 6.07) is 15.7. The molecule has 1 saturated carbocycles. The van der Waals surface area contributed by atoms with Crippen LogP contribution in [0.15, 0.2) is 53.3 Å². The van der Waals surface area contributed by atoms with E-state index in [2.05, 4.69) is 43.2 Å². The lowest BCUT2D eigenvalue weighted by molar-refractivity contribution is -0.121. The van der Waals surface area contributed by atoms with E-state index in [1.165, 1.54) is 5.56 Å². The number of carbonyl (C=O) groups excluding carboxylic acids is 1. The number of aryl methyl sites for hydroxylation is 1. The summed E-state index contributed by atoms with van der Waals surface area (Å²) in [7, 11) is 0. The number of ether oxygens (including phenoxy) is 1. The van der Waals surface area contributed by atoms with E-state index in [0.717, 1.165) is 18.6 Å². The fourth-order valence-corrected chi connectivity index (χ4v) is 3.80. The normalized spacial score (nSPS) is 13.8. The molecule has 4 rings (SSSR count). The van der Waals surface area contributed by atoms with Crippen LogP contribution in [-0.4, -0.2) is 28.6 Å². The number of rotatable bonds is 8. The highest BCUT2D eigenvalue weighted by Crippen LogP contribution is 2.34. The maximum Gasteiger partial charge on any atom is 0.261 e. The molecule has 168 valence electrons. The van der Waals surface area contributed by atoms with Crippen LogP contribution in [-0.2, 0) is 16.6 Å². The van der Waals surface area contributed by atoms with Gasteiger partial charge in [0.1, 0.15) is 18.2 Å². The number of aromatic nitrogens is 2. The van der Waals surface area contributed by atoms with Gasteiger partial charge in [0, 0.05) is 18.9 Å². The first-order valence-corrected chi connectivity index (χ1v) is 11.3. The van der Waals surface area contributed by atoms with Gasteiger partial charge in [-0.3, -0.25) is 14.2 Å². The van der Waals surface area contributed by atoms with Gasteiger partial charge in [0.15, 0.2) is 0 Å². The minimum Gasteiger partial charge on any atom is -0.492 e. The quantitative estimate of drug-likeness (QED) is 0.542. The van der Waals surface area contributed by atoms with Crippen LogP contribution in [0.25, 0.3) is 10.9 Å². The van der Waals surface area contributed by atoms with Crippen LogP contribution in [0.2, 0.25) is 0 Å². The highest BCUT2D eigenvalue weighted by Gasteiger charge is 2.28. The van der Waals surface area contributed by atoms with E-state index in [1.54, 1.807) is 4.57 Å². The van der Waals surface area contributed by atoms with Gasteiger partial charge < -0.3 is 10.1 Å². The van der Waals surface area contributed by atoms with Crippen molar-refractivity contribution in [3.8, 4) is 5.75 Å². The SMILES string of the molecule is CC(C)(C)c1ccc(OCCNC(=O)CCc2nc3ccccc3c(=O)n2C2CC2)cc1. The van der Waals surface area contributed by atoms with Gasteiger partial charge >= 0.3 is 0 Å². The number of carbonyl (C=O) groups is 1. The molecule has 1 aliphatic carbocycles. The molecule has 0 bridgehead atoms. The van der Waals surface area contributed by atoms with Crippen LogP contribution in [0.3, 0.4) is 0 Å². The predicted octanol–water partition coefficient (Wildman–Crippen LogP) is 4.16. The van der Waals surface area contributed by atoms with Crippen LogP contribution in [0.5, 0.6) is 5.75 Å². The van der Waals surface area contributed by atoms with Gasteiger partial charge in [0.05, 0.1) is 17.4 Å². The first-order valence-electron chi connectivity index (χ1n) is 11.3. The Bertz CT molecular complexity index is 1160. The number of benzene rings is 2. The van der Waals surface area contributed by atoms with E-state index in [4.69, 9.17) is 4.74 Å². The zero-order valence-electron chi connectivity index (χ0n) is 19.1. The van der Waals surface area contributed by atoms with Crippen molar-refractivity contribution in [2.75, 3.05) is 13.2 Å². The molecular formula is C26H31N3O3. The number of amides is 1. The number of hydrogen-bond donors (Lipinski definition) is 1. The molecule has 32 heavy (non-hydrogen) atoms. The van der Waals surface area contributed by atoms with Gasteiger partial charge in [0.2, 0.25) is 5.91 Å². The molecule has 1 heterocycles. The van der Waals surface area contributed by atoms with Gasteiger partial charge in [-0.25, -0.2) is 4.98 Å². The lowest BCUT2D eigenvalue weighted by atomic mass is 9.87. The standard InChI is InChI=1S/C26H31N3O3/c1-26(2,3)18-8-12-20(13-9-18)32-17-16-27-24(30)15-14-23-28-22-7-5-4-6-21(22)25(31)29(23)19-10-11-19/h4-9,12-13,19H,10-11,14-17H2,1-3H3,(H,27,30). The van der Waals surface area contributed by atoms with E-state index in [0.29, 0.717) is 36.3 Å². The summed E-state index contributed by atoms with van der Waals surface area (Å²) in [6.07, 6.45) is 2.72. The van der Waals surface area contributed by atoms with Crippen LogP contribution < -0.4 is 15.6 Å². The molecular weight excluding hydrogens is 402 g/mol. The Morgan fingerprint density at radius 3 is 2.53 bits per heavy atom. The maximum atomic E-state index is 12.9. The highest BCUT2D eigenvalue weighted by atomic mass is 16.5. The smallest absolute Gasteiger partial charge is 0.261 e. The molecule has 1 N–H and O–H groups in total. The summed E-state index contributed by atoms with van der Waals surface area (Å²) in [4.78, 5) is 29.9. The summed E-state index contributed by atoms with van der Waals surface area (Å²) >= 11 is 0. The molecule has 0 radical (unpaired) electrons. The highest BCUT2D eigenvalue weighted by molar-refractivity contribution is 5.78. The minimum absolute atomic E-state index is 0.000567.